The minimum Gasteiger partial charge on any atom is -0.378 e. The summed E-state index contributed by atoms with van der Waals surface area (Å²) in [6.07, 6.45) is 2.43. The second kappa shape index (κ2) is 9.01. The number of carbonyl (C=O) groups is 3. The van der Waals surface area contributed by atoms with E-state index in [-0.39, 0.29) is 12.5 Å². The van der Waals surface area contributed by atoms with Crippen LogP contribution in [0.5, 0.6) is 0 Å². The number of fused-ring (bicyclic) bond motifs is 1. The van der Waals surface area contributed by atoms with Gasteiger partial charge in [0.2, 0.25) is 5.91 Å². The molecule has 3 rings (SSSR count). The Morgan fingerprint density at radius 1 is 1.14 bits per heavy atom. The summed E-state index contributed by atoms with van der Waals surface area (Å²) in [5.74, 6) is -0.756. The van der Waals surface area contributed by atoms with E-state index < -0.39 is 11.7 Å². The van der Waals surface area contributed by atoms with Crippen molar-refractivity contribution < 1.29 is 19.1 Å². The Morgan fingerprint density at radius 3 is 2.57 bits per heavy atom. The van der Waals surface area contributed by atoms with E-state index in [1.807, 2.05) is 18.2 Å². The molecule has 1 fully saturated rings. The van der Waals surface area contributed by atoms with Crippen molar-refractivity contribution in [3.05, 3.63) is 36.0 Å². The molecule has 2 amide bonds. The highest BCUT2D eigenvalue weighted by Gasteiger charge is 2.23. The number of nitrogens with zero attached hydrogens (tertiary/aromatic N) is 2. The van der Waals surface area contributed by atoms with Gasteiger partial charge in [0.25, 0.3) is 11.7 Å². The number of morpholine rings is 1. The molecule has 28 heavy (non-hydrogen) atoms. The fourth-order valence-corrected chi connectivity index (χ4v) is 3.29. The maximum atomic E-state index is 12.7. The van der Waals surface area contributed by atoms with Gasteiger partial charge < -0.3 is 19.5 Å². The molecule has 0 aliphatic carbocycles. The lowest BCUT2D eigenvalue weighted by Crippen LogP contribution is -2.42. The van der Waals surface area contributed by atoms with Gasteiger partial charge in [-0.1, -0.05) is 32.0 Å². The Balaban J connectivity index is 1.79. The molecule has 1 aromatic carbocycles. The van der Waals surface area contributed by atoms with Crippen LogP contribution in [0.1, 0.15) is 30.6 Å². The fourth-order valence-electron chi connectivity index (χ4n) is 3.29. The number of ether oxygens (including phenoxy) is 1. The summed E-state index contributed by atoms with van der Waals surface area (Å²) in [7, 11) is 0. The molecule has 0 atom stereocenters. The number of Topliss-reactive ketones (excluding diaryl/α,β-unsaturated/α-hetero) is 1. The van der Waals surface area contributed by atoms with Crippen molar-refractivity contribution in [2.45, 2.75) is 26.8 Å². The van der Waals surface area contributed by atoms with E-state index in [1.54, 1.807) is 21.7 Å². The Kier molecular flexibility index (Phi) is 6.46. The van der Waals surface area contributed by atoms with Gasteiger partial charge in [0.05, 0.1) is 18.8 Å². The van der Waals surface area contributed by atoms with Crippen molar-refractivity contribution in [3.8, 4) is 0 Å². The maximum absolute atomic E-state index is 12.7. The van der Waals surface area contributed by atoms with E-state index >= 15 is 0 Å². The van der Waals surface area contributed by atoms with Gasteiger partial charge in [-0.05, 0) is 18.4 Å². The largest absolute Gasteiger partial charge is 0.378 e. The second-order valence-electron chi connectivity index (χ2n) is 7.45. The number of carbonyl (C=O) groups excluding carboxylic acids is 3. The first-order chi connectivity index (χ1) is 13.5. The lowest BCUT2D eigenvalue weighted by atomic mass is 10.1. The first kappa shape index (κ1) is 20.1. The van der Waals surface area contributed by atoms with Crippen LogP contribution in [0, 0.1) is 5.92 Å². The summed E-state index contributed by atoms with van der Waals surface area (Å²) >= 11 is 0. The van der Waals surface area contributed by atoms with Gasteiger partial charge in [0.1, 0.15) is 6.54 Å². The van der Waals surface area contributed by atoms with Gasteiger partial charge in [-0.3, -0.25) is 14.4 Å². The smallest absolute Gasteiger partial charge is 0.292 e. The first-order valence-corrected chi connectivity index (χ1v) is 9.73. The molecule has 1 N–H and O–H groups in total. The van der Waals surface area contributed by atoms with Crippen LogP contribution in [-0.2, 0) is 20.9 Å². The van der Waals surface area contributed by atoms with Gasteiger partial charge in [0.15, 0.2) is 0 Å². The minimum atomic E-state index is -0.608. The molecule has 1 aliphatic heterocycles. The predicted octanol–water partition coefficient (Wildman–Crippen LogP) is 1.85. The van der Waals surface area contributed by atoms with Gasteiger partial charge in [-0.25, -0.2) is 0 Å². The van der Waals surface area contributed by atoms with E-state index in [0.29, 0.717) is 49.7 Å². The van der Waals surface area contributed by atoms with Crippen molar-refractivity contribution in [1.82, 2.24) is 14.8 Å². The Hall–Kier alpha value is -2.67. The summed E-state index contributed by atoms with van der Waals surface area (Å²) in [6, 6.07) is 7.34. The molecule has 7 nitrogen and oxygen atoms in total. The van der Waals surface area contributed by atoms with Crippen molar-refractivity contribution >= 4 is 28.5 Å². The van der Waals surface area contributed by atoms with Crippen LogP contribution in [-0.4, -0.2) is 59.9 Å². The van der Waals surface area contributed by atoms with Crippen LogP contribution in [0.15, 0.2) is 30.5 Å². The molecule has 2 heterocycles. The van der Waals surface area contributed by atoms with Crippen LogP contribution < -0.4 is 5.32 Å². The number of nitrogens with one attached hydrogen (secondary N) is 1. The summed E-state index contributed by atoms with van der Waals surface area (Å²) in [5, 5.41) is 3.37. The predicted molar refractivity (Wildman–Crippen MR) is 106 cm³/mol. The van der Waals surface area contributed by atoms with Crippen LogP contribution in [0.3, 0.4) is 0 Å². The molecule has 1 saturated heterocycles. The van der Waals surface area contributed by atoms with E-state index in [4.69, 9.17) is 4.74 Å². The third-order valence-electron chi connectivity index (χ3n) is 4.92. The SMILES string of the molecule is CC(C)CCNC(=O)C(=O)c1cn(CC(=O)N2CCOCC2)c2ccccc12. The molecule has 2 aromatic rings. The number of rotatable bonds is 7. The van der Waals surface area contributed by atoms with Gasteiger partial charge >= 0.3 is 0 Å². The van der Waals surface area contributed by atoms with Crippen LogP contribution in [0.2, 0.25) is 0 Å². The summed E-state index contributed by atoms with van der Waals surface area (Å²) in [4.78, 5) is 39.4. The van der Waals surface area contributed by atoms with Gasteiger partial charge in [-0.15, -0.1) is 0 Å². The normalized spacial score (nSPS) is 14.5. The Morgan fingerprint density at radius 2 is 1.86 bits per heavy atom. The summed E-state index contributed by atoms with van der Waals surface area (Å²) in [5.41, 5.74) is 1.09. The van der Waals surface area contributed by atoms with Crippen LogP contribution in [0.4, 0.5) is 0 Å². The van der Waals surface area contributed by atoms with Crippen molar-refractivity contribution in [3.63, 3.8) is 0 Å². The lowest BCUT2D eigenvalue weighted by molar-refractivity contribution is -0.135. The molecule has 1 aliphatic rings. The third kappa shape index (κ3) is 4.59. The zero-order valence-corrected chi connectivity index (χ0v) is 16.4. The minimum absolute atomic E-state index is 0.0237. The molecule has 0 bridgehead atoms. The fraction of sp³-hybridized carbons (Fsp3) is 0.476. The van der Waals surface area contributed by atoms with Crippen molar-refractivity contribution in [1.29, 1.82) is 0 Å². The lowest BCUT2D eigenvalue weighted by Gasteiger charge is -2.27. The number of para-hydroxylation sites is 1. The van der Waals surface area contributed by atoms with Crippen molar-refractivity contribution in [2.24, 2.45) is 5.92 Å². The second-order valence-corrected chi connectivity index (χ2v) is 7.45. The van der Waals surface area contributed by atoms with E-state index in [9.17, 15) is 14.4 Å². The maximum Gasteiger partial charge on any atom is 0.292 e. The topological polar surface area (TPSA) is 80.6 Å². The Bertz CT molecular complexity index is 866. The number of benzene rings is 1. The van der Waals surface area contributed by atoms with Gasteiger partial charge in [-0.2, -0.15) is 0 Å². The number of amides is 2. The quantitative estimate of drug-likeness (QED) is 0.583. The van der Waals surface area contributed by atoms with Crippen molar-refractivity contribution in [2.75, 3.05) is 32.8 Å². The van der Waals surface area contributed by atoms with Crippen LogP contribution in [0.25, 0.3) is 10.9 Å². The molecule has 7 heteroatoms. The molecular formula is C21H27N3O4. The summed E-state index contributed by atoms with van der Waals surface area (Å²) < 4.78 is 7.04. The average Bonchev–Trinajstić information content (AvgIpc) is 3.06. The molecule has 1 aromatic heterocycles. The number of hydrogen-bond acceptors (Lipinski definition) is 4. The third-order valence-corrected chi connectivity index (χ3v) is 4.92. The molecule has 0 radical (unpaired) electrons. The zero-order valence-electron chi connectivity index (χ0n) is 16.4. The average molecular weight is 385 g/mol. The molecular weight excluding hydrogens is 358 g/mol. The zero-order chi connectivity index (χ0) is 20.1. The molecule has 0 spiro atoms. The van der Waals surface area contributed by atoms with E-state index in [1.165, 1.54) is 0 Å². The Labute approximate surface area is 164 Å². The standard InChI is InChI=1S/C21H27N3O4/c1-15(2)7-8-22-21(27)20(26)17-13-24(18-6-4-3-5-16(17)18)14-19(25)23-9-11-28-12-10-23/h3-6,13,15H,7-12,14H2,1-2H3,(H,22,27). The van der Waals surface area contributed by atoms with E-state index in [2.05, 4.69) is 19.2 Å². The monoisotopic (exact) mass is 385 g/mol. The van der Waals surface area contributed by atoms with E-state index in [0.717, 1.165) is 11.9 Å². The van der Waals surface area contributed by atoms with Gasteiger partial charge in [0, 0.05) is 36.7 Å². The highest BCUT2D eigenvalue weighted by molar-refractivity contribution is 6.45. The molecule has 150 valence electrons. The highest BCUT2D eigenvalue weighted by atomic mass is 16.5. The first-order valence-electron chi connectivity index (χ1n) is 9.73. The molecule has 0 unspecified atom stereocenters. The molecule has 0 saturated carbocycles. The van der Waals surface area contributed by atoms with Crippen LogP contribution >= 0.6 is 0 Å². The number of hydrogen-bond donors (Lipinski definition) is 1. The number of ketones is 1. The highest BCUT2D eigenvalue weighted by Crippen LogP contribution is 2.22. The summed E-state index contributed by atoms with van der Waals surface area (Å²) in [6.45, 7) is 6.94. The number of aromatic nitrogens is 1.